The molecule has 0 aliphatic carbocycles. The van der Waals surface area contributed by atoms with Gasteiger partial charge in [0.25, 0.3) is 0 Å². The molecule has 27 heavy (non-hydrogen) atoms. The van der Waals surface area contributed by atoms with Crippen LogP contribution in [-0.4, -0.2) is 22.6 Å². The molecule has 2 aromatic carbocycles. The fraction of sp³-hybridized carbons (Fsp3) is 0.292. The predicted octanol–water partition coefficient (Wildman–Crippen LogP) is 5.78. The number of allylic oxidation sites excluding steroid dienone is 2. The van der Waals surface area contributed by atoms with Crippen LogP contribution in [0.5, 0.6) is 0 Å². The summed E-state index contributed by atoms with van der Waals surface area (Å²) >= 11 is 0. The van der Waals surface area contributed by atoms with Crippen LogP contribution in [0.2, 0.25) is 0 Å². The molecular formula is C24H29NO2. The summed E-state index contributed by atoms with van der Waals surface area (Å²) in [6.45, 7) is 9.91. The summed E-state index contributed by atoms with van der Waals surface area (Å²) in [6, 6.07) is 20.0. The number of benzene rings is 2. The first kappa shape index (κ1) is 20.5. The van der Waals surface area contributed by atoms with Crippen molar-refractivity contribution in [1.29, 1.82) is 0 Å². The van der Waals surface area contributed by atoms with E-state index in [2.05, 4.69) is 18.7 Å². The van der Waals surface area contributed by atoms with Gasteiger partial charge in [-0.25, -0.2) is 4.79 Å². The van der Waals surface area contributed by atoms with Crippen molar-refractivity contribution in [3.8, 4) is 0 Å². The second kappa shape index (κ2) is 9.77. The van der Waals surface area contributed by atoms with Crippen LogP contribution in [0, 0.1) is 0 Å². The maximum atomic E-state index is 13.0. The molecule has 3 heteroatoms. The highest BCUT2D eigenvalue weighted by molar-refractivity contribution is 5.69. The number of rotatable bonds is 7. The van der Waals surface area contributed by atoms with Crippen LogP contribution in [-0.2, 0) is 17.7 Å². The Morgan fingerprint density at radius 3 is 2.11 bits per heavy atom. The lowest BCUT2D eigenvalue weighted by Crippen LogP contribution is -2.43. The first-order valence-corrected chi connectivity index (χ1v) is 9.26. The number of nitrogens with zero attached hydrogens (tertiary/aromatic N) is 1. The first-order chi connectivity index (χ1) is 12.9. The summed E-state index contributed by atoms with van der Waals surface area (Å²) in [5.41, 5.74) is 1.68. The van der Waals surface area contributed by atoms with Gasteiger partial charge in [0, 0.05) is 6.54 Å². The molecule has 0 bridgehead atoms. The molecule has 2 rings (SSSR count). The highest BCUT2D eigenvalue weighted by Crippen LogP contribution is 2.19. The van der Waals surface area contributed by atoms with Gasteiger partial charge < -0.3 is 4.74 Å². The van der Waals surface area contributed by atoms with E-state index in [1.807, 2.05) is 81.5 Å². The third kappa shape index (κ3) is 7.14. The van der Waals surface area contributed by atoms with Gasteiger partial charge in [-0.2, -0.15) is 0 Å². The van der Waals surface area contributed by atoms with Crippen LogP contribution in [0.25, 0.3) is 0 Å². The Labute approximate surface area is 163 Å². The van der Waals surface area contributed by atoms with Crippen molar-refractivity contribution < 1.29 is 9.53 Å². The highest BCUT2D eigenvalue weighted by Gasteiger charge is 2.27. The van der Waals surface area contributed by atoms with Crippen LogP contribution >= 0.6 is 0 Å². The van der Waals surface area contributed by atoms with E-state index in [0.717, 1.165) is 11.1 Å². The monoisotopic (exact) mass is 363 g/mol. The van der Waals surface area contributed by atoms with E-state index in [1.54, 1.807) is 11.0 Å². The largest absolute Gasteiger partial charge is 0.444 e. The lowest BCUT2D eigenvalue weighted by atomic mass is 10.0. The number of carbonyl (C=O) groups excluding carboxylic acids is 1. The molecule has 0 fully saturated rings. The van der Waals surface area contributed by atoms with Gasteiger partial charge >= 0.3 is 6.09 Å². The summed E-state index contributed by atoms with van der Waals surface area (Å²) in [5, 5.41) is 0. The summed E-state index contributed by atoms with van der Waals surface area (Å²) in [4.78, 5) is 14.8. The van der Waals surface area contributed by atoms with Gasteiger partial charge in [0.1, 0.15) is 5.60 Å². The van der Waals surface area contributed by atoms with Crippen LogP contribution in [0.1, 0.15) is 31.9 Å². The Morgan fingerprint density at radius 1 is 1.04 bits per heavy atom. The van der Waals surface area contributed by atoms with Crippen molar-refractivity contribution in [1.82, 2.24) is 4.90 Å². The maximum absolute atomic E-state index is 13.0. The zero-order chi connectivity index (χ0) is 19.7. The predicted molar refractivity (Wildman–Crippen MR) is 111 cm³/mol. The highest BCUT2D eigenvalue weighted by atomic mass is 16.6. The van der Waals surface area contributed by atoms with Crippen LogP contribution in [0.3, 0.4) is 0 Å². The Bertz CT molecular complexity index is 745. The second-order valence-electron chi connectivity index (χ2n) is 7.47. The fourth-order valence-corrected chi connectivity index (χ4v) is 2.76. The van der Waals surface area contributed by atoms with Crippen molar-refractivity contribution in [3.05, 3.63) is 96.6 Å². The summed E-state index contributed by atoms with van der Waals surface area (Å²) < 4.78 is 5.70. The van der Waals surface area contributed by atoms with Gasteiger partial charge in [0.2, 0.25) is 0 Å². The molecule has 0 aliphatic rings. The standard InChI is InChI=1S/C24H29NO2/c1-5-6-17-22(18-20-13-9-7-10-14-20)25(23(26)27-24(2,3)4)19-21-15-11-8-12-16-21/h5-17,22H,1,18-19H2,2-4H3/b17-6+/t22-/m1/s1. The molecule has 0 saturated heterocycles. The average molecular weight is 364 g/mol. The van der Waals surface area contributed by atoms with Gasteiger partial charge in [-0.1, -0.05) is 85.5 Å². The Morgan fingerprint density at radius 2 is 1.59 bits per heavy atom. The van der Waals surface area contributed by atoms with Crippen molar-refractivity contribution >= 4 is 6.09 Å². The van der Waals surface area contributed by atoms with Crippen LogP contribution < -0.4 is 0 Å². The normalized spacial score (nSPS) is 12.6. The topological polar surface area (TPSA) is 29.5 Å². The molecule has 0 unspecified atom stereocenters. The number of hydrogen-bond donors (Lipinski definition) is 0. The minimum absolute atomic E-state index is 0.138. The summed E-state index contributed by atoms with van der Waals surface area (Å²) in [6.07, 6.45) is 6.01. The number of amides is 1. The number of carbonyl (C=O) groups is 1. The molecule has 1 atom stereocenters. The molecule has 0 radical (unpaired) electrons. The number of hydrogen-bond acceptors (Lipinski definition) is 2. The quantitative estimate of drug-likeness (QED) is 0.584. The van der Waals surface area contributed by atoms with Gasteiger partial charge in [-0.3, -0.25) is 4.90 Å². The number of ether oxygens (including phenoxy) is 1. The Balaban J connectivity index is 2.33. The fourth-order valence-electron chi connectivity index (χ4n) is 2.76. The molecule has 0 N–H and O–H groups in total. The zero-order valence-electron chi connectivity index (χ0n) is 16.5. The zero-order valence-corrected chi connectivity index (χ0v) is 16.5. The van der Waals surface area contributed by atoms with Crippen molar-refractivity contribution in [3.63, 3.8) is 0 Å². The van der Waals surface area contributed by atoms with Crippen molar-refractivity contribution in [2.45, 2.75) is 45.4 Å². The summed E-state index contributed by atoms with van der Waals surface area (Å²) in [5.74, 6) is 0. The van der Waals surface area contributed by atoms with Gasteiger partial charge in [-0.05, 0) is 38.3 Å². The molecule has 142 valence electrons. The molecule has 0 aromatic heterocycles. The van der Waals surface area contributed by atoms with E-state index in [9.17, 15) is 4.79 Å². The van der Waals surface area contributed by atoms with Gasteiger partial charge in [0.05, 0.1) is 6.04 Å². The van der Waals surface area contributed by atoms with E-state index < -0.39 is 5.60 Å². The van der Waals surface area contributed by atoms with E-state index in [0.29, 0.717) is 13.0 Å². The molecule has 0 saturated carbocycles. The van der Waals surface area contributed by atoms with E-state index in [-0.39, 0.29) is 12.1 Å². The lowest BCUT2D eigenvalue weighted by molar-refractivity contribution is 0.0180. The molecule has 0 spiro atoms. The van der Waals surface area contributed by atoms with Crippen LogP contribution in [0.15, 0.2) is 85.5 Å². The van der Waals surface area contributed by atoms with Crippen LogP contribution in [0.4, 0.5) is 4.79 Å². The minimum atomic E-state index is -0.550. The molecule has 0 aliphatic heterocycles. The van der Waals surface area contributed by atoms with Gasteiger partial charge in [-0.15, -0.1) is 0 Å². The Hall–Kier alpha value is -2.81. The third-order valence-corrected chi connectivity index (χ3v) is 3.98. The molecule has 1 amide bonds. The average Bonchev–Trinajstić information content (AvgIpc) is 2.63. The first-order valence-electron chi connectivity index (χ1n) is 9.26. The van der Waals surface area contributed by atoms with E-state index in [1.165, 1.54) is 0 Å². The molecule has 3 nitrogen and oxygen atoms in total. The smallest absolute Gasteiger partial charge is 0.411 e. The SMILES string of the molecule is C=C/C=C/[C@H](Cc1ccccc1)N(Cc1ccccc1)C(=O)OC(C)(C)C. The maximum Gasteiger partial charge on any atom is 0.411 e. The van der Waals surface area contributed by atoms with Crippen molar-refractivity contribution in [2.24, 2.45) is 0 Å². The molecule has 0 heterocycles. The third-order valence-electron chi connectivity index (χ3n) is 3.98. The molecule has 2 aromatic rings. The Kier molecular flexibility index (Phi) is 7.42. The summed E-state index contributed by atoms with van der Waals surface area (Å²) in [7, 11) is 0. The van der Waals surface area contributed by atoms with Crippen molar-refractivity contribution in [2.75, 3.05) is 0 Å². The lowest BCUT2D eigenvalue weighted by Gasteiger charge is -2.32. The van der Waals surface area contributed by atoms with E-state index in [4.69, 9.17) is 4.74 Å². The second-order valence-corrected chi connectivity index (χ2v) is 7.47. The van der Waals surface area contributed by atoms with E-state index >= 15 is 0 Å². The van der Waals surface area contributed by atoms with Gasteiger partial charge in [0.15, 0.2) is 0 Å². The minimum Gasteiger partial charge on any atom is -0.444 e. The molecular weight excluding hydrogens is 334 g/mol.